The van der Waals surface area contributed by atoms with E-state index in [-0.39, 0.29) is 11.8 Å². The zero-order valence-corrected chi connectivity index (χ0v) is 22.2. The average Bonchev–Trinajstić information content (AvgIpc) is 3.02. The fourth-order valence-corrected chi connectivity index (χ4v) is 4.47. The van der Waals surface area contributed by atoms with E-state index < -0.39 is 0 Å². The molecule has 206 valence electrons. The summed E-state index contributed by atoms with van der Waals surface area (Å²) in [6.07, 6.45) is 3.12. The van der Waals surface area contributed by atoms with Crippen LogP contribution in [0.4, 0.5) is 11.4 Å². The largest absolute Gasteiger partial charge is 0.378 e. The molecule has 0 unspecified atom stereocenters. The van der Waals surface area contributed by atoms with Crippen LogP contribution in [0.3, 0.4) is 0 Å². The lowest BCUT2D eigenvalue weighted by molar-refractivity contribution is 0.0947. The smallest absolute Gasteiger partial charge is 0.271 e. The van der Waals surface area contributed by atoms with Crippen molar-refractivity contribution in [3.63, 3.8) is 0 Å². The lowest BCUT2D eigenvalue weighted by atomic mass is 10.1. The first-order valence-electron chi connectivity index (χ1n) is 13.3. The minimum Gasteiger partial charge on any atom is -0.378 e. The highest BCUT2D eigenvalue weighted by molar-refractivity contribution is 5.96. The topological polar surface area (TPSA) is 108 Å². The van der Waals surface area contributed by atoms with Crippen LogP contribution in [0, 0.1) is 0 Å². The monoisotopic (exact) mass is 540 g/mol. The van der Waals surface area contributed by atoms with Crippen LogP contribution in [0.15, 0.2) is 83.0 Å². The Labute approximate surface area is 233 Å². The molecule has 2 aliphatic rings. The van der Waals surface area contributed by atoms with E-state index in [9.17, 15) is 9.59 Å². The maximum absolute atomic E-state index is 12.5. The van der Waals surface area contributed by atoms with E-state index in [1.165, 1.54) is 0 Å². The van der Waals surface area contributed by atoms with E-state index in [1.54, 1.807) is 36.7 Å². The summed E-state index contributed by atoms with van der Waals surface area (Å²) in [5.41, 5.74) is 9.87. The van der Waals surface area contributed by atoms with Crippen molar-refractivity contribution >= 4 is 35.6 Å². The minimum atomic E-state index is -0.289. The van der Waals surface area contributed by atoms with Crippen LogP contribution in [0.1, 0.15) is 31.8 Å². The highest BCUT2D eigenvalue weighted by atomic mass is 16.5. The maximum Gasteiger partial charge on any atom is 0.271 e. The highest BCUT2D eigenvalue weighted by Crippen LogP contribution is 2.18. The molecule has 10 nitrogen and oxygen atoms in total. The summed E-state index contributed by atoms with van der Waals surface area (Å²) in [6.45, 7) is 6.22. The fourth-order valence-electron chi connectivity index (χ4n) is 4.47. The molecule has 5 rings (SSSR count). The Balaban J connectivity index is 1.10. The summed E-state index contributed by atoms with van der Waals surface area (Å²) in [6, 6.07) is 22.3. The molecule has 0 bridgehead atoms. The van der Waals surface area contributed by atoms with Crippen molar-refractivity contribution in [2.24, 2.45) is 10.2 Å². The first-order chi connectivity index (χ1) is 19.7. The number of hydrogen-bond acceptors (Lipinski definition) is 8. The first kappa shape index (κ1) is 27.0. The second-order valence-corrected chi connectivity index (χ2v) is 9.36. The molecule has 0 radical (unpaired) electrons. The average molecular weight is 541 g/mol. The normalized spacial score (nSPS) is 15.9. The number of hydrazone groups is 2. The highest BCUT2D eigenvalue weighted by Gasteiger charge is 2.13. The van der Waals surface area contributed by atoms with Gasteiger partial charge < -0.3 is 19.3 Å². The molecule has 0 saturated carbocycles. The minimum absolute atomic E-state index is 0.289. The van der Waals surface area contributed by atoms with Crippen LogP contribution in [0.2, 0.25) is 0 Å². The third-order valence-corrected chi connectivity index (χ3v) is 6.68. The van der Waals surface area contributed by atoms with Crippen LogP contribution in [-0.4, -0.2) is 76.9 Å². The Kier molecular flexibility index (Phi) is 9.13. The van der Waals surface area contributed by atoms with E-state index in [0.717, 1.165) is 48.7 Å². The van der Waals surface area contributed by atoms with E-state index in [0.29, 0.717) is 37.6 Å². The number of nitrogens with zero attached hydrogens (tertiary/aromatic N) is 4. The third-order valence-electron chi connectivity index (χ3n) is 6.68. The number of anilines is 2. The lowest BCUT2D eigenvalue weighted by Crippen LogP contribution is -2.36. The summed E-state index contributed by atoms with van der Waals surface area (Å²) >= 11 is 0. The van der Waals surface area contributed by atoms with Gasteiger partial charge >= 0.3 is 0 Å². The molecular weight excluding hydrogens is 508 g/mol. The van der Waals surface area contributed by atoms with Crippen molar-refractivity contribution < 1.29 is 19.1 Å². The molecule has 0 atom stereocenters. The van der Waals surface area contributed by atoms with Gasteiger partial charge in [-0.3, -0.25) is 9.59 Å². The number of ether oxygens (including phenoxy) is 2. The standard InChI is InChI=1S/C30H32N6O4/c37-29(25-4-8-27(9-5-25)35-12-16-39-17-13-35)33-31-21-23-2-1-3-24(20-23)22-32-34-30(38)26-6-10-28(11-7-26)36-14-18-40-19-15-36/h1-11,20-22H,12-19H2,(H,33,37)(H,34,38). The maximum atomic E-state index is 12.5. The molecule has 0 aliphatic carbocycles. The number of carbonyl (C=O) groups excluding carboxylic acids is 2. The molecular formula is C30H32N6O4. The Morgan fingerprint density at radius 2 is 1.02 bits per heavy atom. The van der Waals surface area contributed by atoms with Crippen molar-refractivity contribution in [2.75, 3.05) is 62.4 Å². The quantitative estimate of drug-likeness (QED) is 0.336. The van der Waals surface area contributed by atoms with Gasteiger partial charge in [-0.2, -0.15) is 10.2 Å². The van der Waals surface area contributed by atoms with Gasteiger partial charge in [0.15, 0.2) is 0 Å². The summed E-state index contributed by atoms with van der Waals surface area (Å²) in [5, 5.41) is 8.17. The van der Waals surface area contributed by atoms with Gasteiger partial charge in [-0.15, -0.1) is 0 Å². The van der Waals surface area contributed by atoms with Gasteiger partial charge in [0.05, 0.1) is 38.9 Å². The van der Waals surface area contributed by atoms with E-state index in [1.807, 2.05) is 48.5 Å². The number of hydrogen-bond donors (Lipinski definition) is 2. The molecule has 2 N–H and O–H groups in total. The second-order valence-electron chi connectivity index (χ2n) is 9.36. The molecule has 3 aromatic rings. The molecule has 2 amide bonds. The van der Waals surface area contributed by atoms with Gasteiger partial charge in [0, 0.05) is 48.7 Å². The Bertz CT molecular complexity index is 1240. The van der Waals surface area contributed by atoms with Gasteiger partial charge in [0.2, 0.25) is 0 Å². The predicted octanol–water partition coefficient (Wildman–Crippen LogP) is 2.89. The van der Waals surface area contributed by atoms with E-state index in [4.69, 9.17) is 9.47 Å². The van der Waals surface area contributed by atoms with Crippen LogP contribution < -0.4 is 20.7 Å². The molecule has 2 fully saturated rings. The number of rotatable bonds is 8. The van der Waals surface area contributed by atoms with Gasteiger partial charge in [-0.1, -0.05) is 18.2 Å². The molecule has 0 spiro atoms. The zero-order valence-electron chi connectivity index (χ0n) is 22.2. The number of morpholine rings is 2. The predicted molar refractivity (Wildman–Crippen MR) is 156 cm³/mol. The number of carbonyl (C=O) groups is 2. The van der Waals surface area contributed by atoms with Gasteiger partial charge in [-0.25, -0.2) is 10.9 Å². The van der Waals surface area contributed by atoms with E-state index in [2.05, 4.69) is 30.9 Å². The first-order valence-corrected chi connectivity index (χ1v) is 13.3. The lowest BCUT2D eigenvalue weighted by Gasteiger charge is -2.28. The number of nitrogens with one attached hydrogen (secondary N) is 2. The van der Waals surface area contributed by atoms with Gasteiger partial charge in [-0.05, 0) is 65.7 Å². The number of amides is 2. The molecule has 2 saturated heterocycles. The summed E-state index contributed by atoms with van der Waals surface area (Å²) in [4.78, 5) is 29.4. The summed E-state index contributed by atoms with van der Waals surface area (Å²) in [5.74, 6) is -0.577. The zero-order chi connectivity index (χ0) is 27.6. The van der Waals surface area contributed by atoms with Crippen molar-refractivity contribution in [1.29, 1.82) is 0 Å². The van der Waals surface area contributed by atoms with Crippen molar-refractivity contribution in [1.82, 2.24) is 10.9 Å². The van der Waals surface area contributed by atoms with E-state index >= 15 is 0 Å². The van der Waals surface area contributed by atoms with Crippen LogP contribution in [0.25, 0.3) is 0 Å². The SMILES string of the molecule is O=C(NN=Cc1cccc(C=NNC(=O)c2ccc(N3CCOCC3)cc2)c1)c1ccc(N2CCOCC2)cc1. The van der Waals surface area contributed by atoms with Gasteiger partial charge in [0.25, 0.3) is 11.8 Å². The van der Waals surface area contributed by atoms with Crippen molar-refractivity contribution in [2.45, 2.75) is 0 Å². The van der Waals surface area contributed by atoms with Gasteiger partial charge in [0.1, 0.15) is 0 Å². The van der Waals surface area contributed by atoms with Crippen LogP contribution >= 0.6 is 0 Å². The Morgan fingerprint density at radius 1 is 0.625 bits per heavy atom. The molecule has 0 aromatic heterocycles. The summed E-state index contributed by atoms with van der Waals surface area (Å²) in [7, 11) is 0. The van der Waals surface area contributed by atoms with Crippen LogP contribution in [-0.2, 0) is 9.47 Å². The molecule has 2 aliphatic heterocycles. The Morgan fingerprint density at radius 3 is 1.43 bits per heavy atom. The molecule has 10 heteroatoms. The van der Waals surface area contributed by atoms with Crippen molar-refractivity contribution in [3.8, 4) is 0 Å². The molecule has 40 heavy (non-hydrogen) atoms. The third kappa shape index (κ3) is 7.31. The second kappa shape index (κ2) is 13.5. The molecule has 3 aromatic carbocycles. The summed E-state index contributed by atoms with van der Waals surface area (Å²) < 4.78 is 10.8. The fraction of sp³-hybridized carbons (Fsp3) is 0.267. The number of benzene rings is 3. The van der Waals surface area contributed by atoms with Crippen LogP contribution in [0.5, 0.6) is 0 Å². The Hall–Kier alpha value is -4.54. The van der Waals surface area contributed by atoms with Crippen molar-refractivity contribution in [3.05, 3.63) is 95.1 Å². The molecule has 2 heterocycles.